The molecule has 0 fully saturated rings. The van der Waals surface area contributed by atoms with Crippen molar-refractivity contribution in [3.63, 3.8) is 0 Å². The summed E-state index contributed by atoms with van der Waals surface area (Å²) in [5.41, 5.74) is 0.135. The van der Waals surface area contributed by atoms with Gasteiger partial charge in [0.05, 0.1) is 23.0 Å². The largest absolute Gasteiger partial charge is 0.433 e. The number of hydrogen-bond acceptors (Lipinski definition) is 4. The van der Waals surface area contributed by atoms with E-state index in [2.05, 4.69) is 15.4 Å². The lowest BCUT2D eigenvalue weighted by Gasteiger charge is -2.12. The van der Waals surface area contributed by atoms with Crippen molar-refractivity contribution in [2.75, 3.05) is 0 Å². The number of carbonyl (C=O) groups is 1. The lowest BCUT2D eigenvalue weighted by atomic mass is 10.1. The SMILES string of the molecule is N#Cc1cc(C(=O)NC2CCn3nc(-c4ccnc(C(F)(F)F)c4)cc32)ccc1F. The molecule has 4 rings (SSSR count). The predicted octanol–water partition coefficient (Wildman–Crippen LogP) is 3.85. The van der Waals surface area contributed by atoms with Gasteiger partial charge in [-0.3, -0.25) is 14.5 Å². The molecular formula is C20H13F4N5O. The van der Waals surface area contributed by atoms with Crippen LogP contribution in [0, 0.1) is 17.1 Å². The zero-order valence-electron chi connectivity index (χ0n) is 15.2. The Hall–Kier alpha value is -3.74. The fourth-order valence-electron chi connectivity index (χ4n) is 3.32. The van der Waals surface area contributed by atoms with Gasteiger partial charge in [0.2, 0.25) is 0 Å². The molecule has 0 saturated carbocycles. The minimum absolute atomic E-state index is 0.134. The van der Waals surface area contributed by atoms with Gasteiger partial charge >= 0.3 is 6.18 Å². The fourth-order valence-corrected chi connectivity index (χ4v) is 3.32. The predicted molar refractivity (Wildman–Crippen MR) is 96.4 cm³/mol. The first-order chi connectivity index (χ1) is 14.3. The molecule has 3 heterocycles. The Morgan fingerprint density at radius 1 is 1.23 bits per heavy atom. The van der Waals surface area contributed by atoms with Crippen LogP contribution in [-0.4, -0.2) is 20.7 Å². The van der Waals surface area contributed by atoms with E-state index in [1.165, 1.54) is 12.1 Å². The van der Waals surface area contributed by atoms with Crippen molar-refractivity contribution in [1.82, 2.24) is 20.1 Å². The highest BCUT2D eigenvalue weighted by Gasteiger charge is 2.33. The van der Waals surface area contributed by atoms with Crippen LogP contribution in [0.3, 0.4) is 0 Å². The van der Waals surface area contributed by atoms with E-state index in [1.54, 1.807) is 16.8 Å². The molecule has 0 radical (unpaired) electrons. The Balaban J connectivity index is 1.57. The van der Waals surface area contributed by atoms with Gasteiger partial charge in [-0.25, -0.2) is 4.39 Å². The number of hydrogen-bond donors (Lipinski definition) is 1. The molecule has 0 bridgehead atoms. The maximum atomic E-state index is 13.5. The lowest BCUT2D eigenvalue weighted by molar-refractivity contribution is -0.141. The number of alkyl halides is 3. The Morgan fingerprint density at radius 2 is 2.03 bits per heavy atom. The number of aromatic nitrogens is 3. The van der Waals surface area contributed by atoms with Crippen molar-refractivity contribution in [2.24, 2.45) is 0 Å². The Labute approximate surface area is 167 Å². The zero-order valence-corrected chi connectivity index (χ0v) is 15.2. The van der Waals surface area contributed by atoms with Crippen LogP contribution in [-0.2, 0) is 12.7 Å². The van der Waals surface area contributed by atoms with Crippen molar-refractivity contribution >= 4 is 5.91 Å². The third-order valence-corrected chi connectivity index (χ3v) is 4.80. The molecule has 3 aromatic rings. The van der Waals surface area contributed by atoms with E-state index in [0.717, 1.165) is 24.4 Å². The average Bonchev–Trinajstić information content (AvgIpc) is 3.30. The molecule has 0 saturated heterocycles. The van der Waals surface area contributed by atoms with Crippen molar-refractivity contribution in [1.29, 1.82) is 5.26 Å². The summed E-state index contributed by atoms with van der Waals surface area (Å²) in [7, 11) is 0. The first-order valence-corrected chi connectivity index (χ1v) is 8.88. The van der Waals surface area contributed by atoms with Crippen LogP contribution >= 0.6 is 0 Å². The topological polar surface area (TPSA) is 83.6 Å². The van der Waals surface area contributed by atoms with Crippen LogP contribution in [0.2, 0.25) is 0 Å². The molecule has 0 spiro atoms. The number of nitrogens with zero attached hydrogens (tertiary/aromatic N) is 4. The second-order valence-corrected chi connectivity index (χ2v) is 6.73. The molecule has 2 aromatic heterocycles. The number of pyridine rings is 1. The Morgan fingerprint density at radius 3 is 2.77 bits per heavy atom. The lowest BCUT2D eigenvalue weighted by Crippen LogP contribution is -2.27. The van der Waals surface area contributed by atoms with E-state index in [-0.39, 0.29) is 16.7 Å². The summed E-state index contributed by atoms with van der Waals surface area (Å²) >= 11 is 0. The van der Waals surface area contributed by atoms with Crippen LogP contribution in [0.1, 0.15) is 39.8 Å². The minimum Gasteiger partial charge on any atom is -0.344 e. The molecular weight excluding hydrogens is 402 g/mol. The van der Waals surface area contributed by atoms with Crippen LogP contribution in [0.4, 0.5) is 17.6 Å². The molecule has 152 valence electrons. The normalized spacial score (nSPS) is 15.5. The number of nitriles is 1. The molecule has 1 aliphatic rings. The molecule has 1 aliphatic heterocycles. The molecule has 1 unspecified atom stereocenters. The minimum atomic E-state index is -4.56. The number of benzene rings is 1. The zero-order chi connectivity index (χ0) is 21.5. The average molecular weight is 415 g/mol. The van der Waals surface area contributed by atoms with Gasteiger partial charge < -0.3 is 5.32 Å². The van der Waals surface area contributed by atoms with Crippen molar-refractivity contribution in [3.05, 3.63) is 70.9 Å². The summed E-state index contributed by atoms with van der Waals surface area (Å²) in [5.74, 6) is -1.20. The molecule has 1 atom stereocenters. The highest BCUT2D eigenvalue weighted by Crippen LogP contribution is 2.33. The van der Waals surface area contributed by atoms with Gasteiger partial charge in [0.1, 0.15) is 17.6 Å². The smallest absolute Gasteiger partial charge is 0.344 e. The maximum Gasteiger partial charge on any atom is 0.433 e. The van der Waals surface area contributed by atoms with Gasteiger partial charge in [0, 0.05) is 23.9 Å². The third-order valence-electron chi connectivity index (χ3n) is 4.80. The molecule has 6 nitrogen and oxygen atoms in total. The molecule has 1 amide bonds. The van der Waals surface area contributed by atoms with E-state index < -0.39 is 29.6 Å². The summed E-state index contributed by atoms with van der Waals surface area (Å²) in [6.07, 6.45) is -2.94. The summed E-state index contributed by atoms with van der Waals surface area (Å²) < 4.78 is 53.8. The monoisotopic (exact) mass is 415 g/mol. The van der Waals surface area contributed by atoms with Crippen LogP contribution in [0.15, 0.2) is 42.6 Å². The standard InChI is InChI=1S/C20H13F4N5O/c21-14-2-1-12(7-13(14)10-25)19(30)27-15-4-6-29-17(15)9-16(28-29)11-3-5-26-18(8-11)20(22,23)24/h1-3,5,7-9,15H,4,6H2,(H,27,30). The second-order valence-electron chi connectivity index (χ2n) is 6.73. The molecule has 10 heteroatoms. The number of nitrogens with one attached hydrogen (secondary N) is 1. The van der Waals surface area contributed by atoms with Crippen molar-refractivity contribution in [3.8, 4) is 17.3 Å². The highest BCUT2D eigenvalue weighted by molar-refractivity contribution is 5.94. The number of amides is 1. The van der Waals surface area contributed by atoms with E-state index in [0.29, 0.717) is 24.4 Å². The van der Waals surface area contributed by atoms with E-state index in [4.69, 9.17) is 5.26 Å². The number of rotatable bonds is 3. The maximum absolute atomic E-state index is 13.5. The van der Waals surface area contributed by atoms with E-state index in [1.807, 2.05) is 0 Å². The van der Waals surface area contributed by atoms with Crippen LogP contribution in [0.25, 0.3) is 11.3 Å². The van der Waals surface area contributed by atoms with E-state index in [9.17, 15) is 22.4 Å². The van der Waals surface area contributed by atoms with Gasteiger partial charge in [-0.15, -0.1) is 0 Å². The number of aryl methyl sites for hydroxylation is 1. The summed E-state index contributed by atoms with van der Waals surface area (Å²) in [5, 5.41) is 16.0. The molecule has 1 N–H and O–H groups in total. The molecule has 1 aromatic carbocycles. The summed E-state index contributed by atoms with van der Waals surface area (Å²) in [4.78, 5) is 15.9. The van der Waals surface area contributed by atoms with Gasteiger partial charge in [0.15, 0.2) is 0 Å². The second kappa shape index (κ2) is 7.26. The van der Waals surface area contributed by atoms with Crippen molar-refractivity contribution < 1.29 is 22.4 Å². The summed E-state index contributed by atoms with van der Waals surface area (Å²) in [6, 6.07) is 8.73. The van der Waals surface area contributed by atoms with Crippen molar-refractivity contribution in [2.45, 2.75) is 25.2 Å². The van der Waals surface area contributed by atoms with Gasteiger partial charge in [-0.2, -0.15) is 23.5 Å². The van der Waals surface area contributed by atoms with Gasteiger partial charge in [-0.05, 0) is 42.8 Å². The van der Waals surface area contributed by atoms with E-state index >= 15 is 0 Å². The Kier molecular flexibility index (Phi) is 4.73. The third kappa shape index (κ3) is 3.61. The highest BCUT2D eigenvalue weighted by atomic mass is 19.4. The van der Waals surface area contributed by atoms with Gasteiger partial charge in [-0.1, -0.05) is 0 Å². The summed E-state index contributed by atoms with van der Waals surface area (Å²) in [6.45, 7) is 0.477. The number of halogens is 4. The van der Waals surface area contributed by atoms with Gasteiger partial charge in [0.25, 0.3) is 5.91 Å². The number of fused-ring (bicyclic) bond motifs is 1. The van der Waals surface area contributed by atoms with Crippen LogP contribution < -0.4 is 5.32 Å². The number of carbonyl (C=O) groups excluding carboxylic acids is 1. The fraction of sp³-hybridized carbons (Fsp3) is 0.200. The molecule has 30 heavy (non-hydrogen) atoms. The van der Waals surface area contributed by atoms with Crippen LogP contribution in [0.5, 0.6) is 0 Å². The molecule has 0 aliphatic carbocycles. The Bertz CT molecular complexity index is 1180. The first kappa shape index (κ1) is 19.6. The first-order valence-electron chi connectivity index (χ1n) is 8.88. The quantitative estimate of drug-likeness (QED) is 0.659.